The molecule has 1 nitrogen and oxygen atoms in total. The highest BCUT2D eigenvalue weighted by Crippen LogP contribution is 2.29. The minimum Gasteiger partial charge on any atom is -0.396 e. The zero-order valence-electron chi connectivity index (χ0n) is 9.96. The molecule has 17 heavy (non-hydrogen) atoms. The third-order valence-electron chi connectivity index (χ3n) is 2.96. The first-order valence-electron chi connectivity index (χ1n) is 5.61. The lowest BCUT2D eigenvalue weighted by molar-refractivity contribution is -0.137. The van der Waals surface area contributed by atoms with Crippen molar-refractivity contribution in [3.63, 3.8) is 0 Å². The second kappa shape index (κ2) is 5.54. The van der Waals surface area contributed by atoms with Crippen molar-refractivity contribution in [1.82, 2.24) is 0 Å². The summed E-state index contributed by atoms with van der Waals surface area (Å²) in [5, 5.41) is 9.16. The number of benzene rings is 1. The van der Waals surface area contributed by atoms with Gasteiger partial charge in [0.2, 0.25) is 0 Å². The fourth-order valence-electron chi connectivity index (χ4n) is 1.64. The monoisotopic (exact) mass is 246 g/mol. The summed E-state index contributed by atoms with van der Waals surface area (Å²) in [6, 6.07) is 5.13. The molecule has 1 aromatic carbocycles. The van der Waals surface area contributed by atoms with Crippen LogP contribution in [-0.4, -0.2) is 11.7 Å². The van der Waals surface area contributed by atoms with Crippen molar-refractivity contribution in [3.8, 4) is 0 Å². The van der Waals surface area contributed by atoms with Crippen LogP contribution in [0, 0.1) is 11.8 Å². The topological polar surface area (TPSA) is 20.2 Å². The Bertz CT molecular complexity index is 341. The summed E-state index contributed by atoms with van der Waals surface area (Å²) in [6.45, 7) is 4.04. The Morgan fingerprint density at radius 2 is 1.65 bits per heavy atom. The van der Waals surface area contributed by atoms with Gasteiger partial charge < -0.3 is 5.11 Å². The molecule has 1 aromatic rings. The largest absolute Gasteiger partial charge is 0.416 e. The highest BCUT2D eigenvalue weighted by molar-refractivity contribution is 5.24. The first-order chi connectivity index (χ1) is 7.84. The fourth-order valence-corrected chi connectivity index (χ4v) is 1.64. The second-order valence-electron chi connectivity index (χ2n) is 4.59. The Morgan fingerprint density at radius 3 is 2.00 bits per heavy atom. The van der Waals surface area contributed by atoms with Crippen molar-refractivity contribution in [2.45, 2.75) is 26.4 Å². The van der Waals surface area contributed by atoms with Gasteiger partial charge in [0, 0.05) is 6.61 Å². The van der Waals surface area contributed by atoms with Crippen LogP contribution in [0.3, 0.4) is 0 Å². The average molecular weight is 246 g/mol. The van der Waals surface area contributed by atoms with Gasteiger partial charge in [-0.05, 0) is 36.0 Å². The van der Waals surface area contributed by atoms with Gasteiger partial charge in [0.25, 0.3) is 0 Å². The lowest BCUT2D eigenvalue weighted by Crippen LogP contribution is -2.16. The molecule has 0 saturated carbocycles. The molecule has 1 rings (SSSR count). The number of aliphatic hydroxyl groups is 1. The molecular weight excluding hydrogens is 229 g/mol. The van der Waals surface area contributed by atoms with Gasteiger partial charge in [-0.25, -0.2) is 0 Å². The van der Waals surface area contributed by atoms with E-state index in [0.29, 0.717) is 12.3 Å². The first kappa shape index (κ1) is 14.0. The molecule has 0 aliphatic rings. The normalized spacial score (nSPS) is 14.1. The van der Waals surface area contributed by atoms with Crippen LogP contribution in [0.1, 0.15) is 25.0 Å². The number of hydrogen-bond donors (Lipinski definition) is 1. The van der Waals surface area contributed by atoms with Gasteiger partial charge in [0.15, 0.2) is 0 Å². The highest BCUT2D eigenvalue weighted by Gasteiger charge is 2.30. The molecule has 0 aliphatic heterocycles. The molecule has 0 amide bonds. The van der Waals surface area contributed by atoms with E-state index in [1.165, 1.54) is 12.1 Å². The quantitative estimate of drug-likeness (QED) is 0.861. The number of halogens is 3. The minimum atomic E-state index is -4.28. The Labute approximate surface area is 99.3 Å². The maximum Gasteiger partial charge on any atom is 0.416 e. The number of rotatable bonds is 4. The first-order valence-corrected chi connectivity index (χ1v) is 5.61. The lowest BCUT2D eigenvalue weighted by atomic mass is 9.90. The predicted octanol–water partition coefficient (Wildman–Crippen LogP) is 3.51. The maximum atomic E-state index is 12.3. The van der Waals surface area contributed by atoms with Crippen LogP contribution in [0.15, 0.2) is 24.3 Å². The van der Waals surface area contributed by atoms with Crippen LogP contribution in [-0.2, 0) is 12.6 Å². The molecular formula is C13H17F3O. The molecule has 0 aliphatic carbocycles. The van der Waals surface area contributed by atoms with E-state index in [-0.39, 0.29) is 12.5 Å². The van der Waals surface area contributed by atoms with Crippen molar-refractivity contribution in [3.05, 3.63) is 35.4 Å². The second-order valence-corrected chi connectivity index (χ2v) is 4.59. The van der Waals surface area contributed by atoms with E-state index in [0.717, 1.165) is 17.7 Å². The summed E-state index contributed by atoms with van der Waals surface area (Å²) in [6.07, 6.45) is -3.68. The Morgan fingerprint density at radius 1 is 1.12 bits per heavy atom. The van der Waals surface area contributed by atoms with Gasteiger partial charge in [-0.1, -0.05) is 26.0 Å². The molecule has 0 heterocycles. The van der Waals surface area contributed by atoms with Crippen molar-refractivity contribution in [2.75, 3.05) is 6.61 Å². The molecule has 0 aromatic heterocycles. The van der Waals surface area contributed by atoms with E-state index in [4.69, 9.17) is 5.11 Å². The van der Waals surface area contributed by atoms with Crippen LogP contribution in [0.25, 0.3) is 0 Å². The summed E-state index contributed by atoms with van der Waals surface area (Å²) in [4.78, 5) is 0. The van der Waals surface area contributed by atoms with Crippen molar-refractivity contribution in [1.29, 1.82) is 0 Å². The Kier molecular flexibility index (Phi) is 4.57. The van der Waals surface area contributed by atoms with E-state index in [1.54, 1.807) is 0 Å². The Balaban J connectivity index is 2.75. The van der Waals surface area contributed by atoms with Gasteiger partial charge in [0.05, 0.1) is 5.56 Å². The molecule has 0 radical (unpaired) electrons. The van der Waals surface area contributed by atoms with Crippen LogP contribution >= 0.6 is 0 Å². The molecule has 1 unspecified atom stereocenters. The van der Waals surface area contributed by atoms with E-state index < -0.39 is 11.7 Å². The average Bonchev–Trinajstić information content (AvgIpc) is 2.25. The van der Waals surface area contributed by atoms with Gasteiger partial charge in [-0.3, -0.25) is 0 Å². The fraction of sp³-hybridized carbons (Fsp3) is 0.538. The van der Waals surface area contributed by atoms with E-state index in [1.807, 2.05) is 13.8 Å². The summed E-state index contributed by atoms with van der Waals surface area (Å²) < 4.78 is 37.0. The third-order valence-corrected chi connectivity index (χ3v) is 2.96. The lowest BCUT2D eigenvalue weighted by Gasteiger charge is -2.18. The smallest absolute Gasteiger partial charge is 0.396 e. The summed E-state index contributed by atoms with van der Waals surface area (Å²) in [7, 11) is 0. The molecule has 0 saturated heterocycles. The van der Waals surface area contributed by atoms with Crippen molar-refractivity contribution < 1.29 is 18.3 Å². The minimum absolute atomic E-state index is 0.0543. The van der Waals surface area contributed by atoms with Crippen molar-refractivity contribution >= 4 is 0 Å². The zero-order valence-corrected chi connectivity index (χ0v) is 9.96. The number of hydrogen-bond acceptors (Lipinski definition) is 1. The van der Waals surface area contributed by atoms with E-state index >= 15 is 0 Å². The molecule has 96 valence electrons. The van der Waals surface area contributed by atoms with Crippen LogP contribution < -0.4 is 0 Å². The maximum absolute atomic E-state index is 12.3. The van der Waals surface area contributed by atoms with E-state index in [2.05, 4.69) is 0 Å². The molecule has 0 spiro atoms. The number of aliphatic hydroxyl groups excluding tert-OH is 1. The Hall–Kier alpha value is -1.03. The third kappa shape index (κ3) is 4.04. The van der Waals surface area contributed by atoms with Gasteiger partial charge >= 0.3 is 6.18 Å². The van der Waals surface area contributed by atoms with Gasteiger partial charge in [-0.2, -0.15) is 13.2 Å². The molecule has 4 heteroatoms. The van der Waals surface area contributed by atoms with Crippen LogP contribution in [0.4, 0.5) is 13.2 Å². The molecule has 1 atom stereocenters. The summed E-state index contributed by atoms with van der Waals surface area (Å²) >= 11 is 0. The molecule has 0 fully saturated rings. The number of alkyl halides is 3. The van der Waals surface area contributed by atoms with Crippen LogP contribution in [0.5, 0.6) is 0 Å². The van der Waals surface area contributed by atoms with E-state index in [9.17, 15) is 13.2 Å². The summed E-state index contributed by atoms with van der Waals surface area (Å²) in [5.41, 5.74) is 0.192. The van der Waals surface area contributed by atoms with Gasteiger partial charge in [-0.15, -0.1) is 0 Å². The highest BCUT2D eigenvalue weighted by atomic mass is 19.4. The molecule has 0 bridgehead atoms. The predicted molar refractivity (Wildman–Crippen MR) is 60.6 cm³/mol. The van der Waals surface area contributed by atoms with Crippen molar-refractivity contribution in [2.24, 2.45) is 11.8 Å². The summed E-state index contributed by atoms with van der Waals surface area (Å²) in [5.74, 6) is 0.397. The SMILES string of the molecule is CC(C)C(CO)Cc1ccc(C(F)(F)F)cc1. The van der Waals surface area contributed by atoms with Crippen LogP contribution in [0.2, 0.25) is 0 Å². The zero-order chi connectivity index (χ0) is 13.1. The molecule has 1 N–H and O–H groups in total. The van der Waals surface area contributed by atoms with Gasteiger partial charge in [0.1, 0.15) is 0 Å². The standard InChI is InChI=1S/C13H17F3O/c1-9(2)11(8-17)7-10-3-5-12(6-4-10)13(14,15)16/h3-6,9,11,17H,7-8H2,1-2H3.